The molecule has 1 aromatic heterocycles. The minimum atomic E-state index is -0.389. The molecule has 2 fully saturated rings. The Morgan fingerprint density at radius 2 is 2.19 bits per heavy atom. The molecular formula is C20H33N5O2. The molecule has 2 saturated heterocycles. The highest BCUT2D eigenvalue weighted by atomic mass is 16.2. The highest BCUT2D eigenvalue weighted by Gasteiger charge is 2.59. The van der Waals surface area contributed by atoms with Crippen LogP contribution < -0.4 is 10.6 Å². The predicted octanol–water partition coefficient (Wildman–Crippen LogP) is 1.82. The van der Waals surface area contributed by atoms with E-state index in [1.807, 2.05) is 13.0 Å². The van der Waals surface area contributed by atoms with Crippen molar-refractivity contribution in [3.8, 4) is 0 Å². The fourth-order valence-corrected chi connectivity index (χ4v) is 4.87. The molecule has 0 aliphatic carbocycles. The Morgan fingerprint density at radius 3 is 2.85 bits per heavy atom. The van der Waals surface area contributed by atoms with Crippen LogP contribution in [0.25, 0.3) is 0 Å². The smallest absolute Gasteiger partial charge is 0.234 e. The zero-order valence-corrected chi connectivity index (χ0v) is 16.8. The molecule has 150 valence electrons. The second-order valence-electron chi connectivity index (χ2n) is 8.43. The number of amides is 2. The van der Waals surface area contributed by atoms with Gasteiger partial charge in [-0.1, -0.05) is 13.8 Å². The van der Waals surface area contributed by atoms with Crippen molar-refractivity contribution in [2.75, 3.05) is 13.1 Å². The van der Waals surface area contributed by atoms with Gasteiger partial charge in [-0.3, -0.25) is 19.6 Å². The fourth-order valence-electron chi connectivity index (χ4n) is 4.87. The lowest BCUT2D eigenvalue weighted by atomic mass is 9.69. The molecule has 0 aromatic carbocycles. The normalized spacial score (nSPS) is 27.3. The van der Waals surface area contributed by atoms with E-state index >= 15 is 0 Å². The van der Waals surface area contributed by atoms with Gasteiger partial charge in [0.1, 0.15) is 0 Å². The molecule has 3 N–H and O–H groups in total. The standard InChI is InChI=1S/C20H33N5O2/c1-4-21-18(26)13-25-16-5-6-17(25)20(11-16,9-7-14(2)3)19(27)22-12-15-8-10-23-24-15/h8,10,14,16-17H,4-7,9,11-13H2,1-3H3,(H,21,26)(H,22,27)(H,23,24)/t16-,17+,20+/m1/s1. The van der Waals surface area contributed by atoms with E-state index in [4.69, 9.17) is 0 Å². The first kappa shape index (κ1) is 19.9. The second-order valence-corrected chi connectivity index (χ2v) is 8.43. The van der Waals surface area contributed by atoms with E-state index < -0.39 is 0 Å². The highest BCUT2D eigenvalue weighted by molar-refractivity contribution is 5.85. The van der Waals surface area contributed by atoms with E-state index in [9.17, 15) is 9.59 Å². The van der Waals surface area contributed by atoms with Gasteiger partial charge in [-0.05, 0) is 51.0 Å². The third-order valence-electron chi connectivity index (χ3n) is 6.20. The summed E-state index contributed by atoms with van der Waals surface area (Å²) < 4.78 is 0. The fraction of sp³-hybridized carbons (Fsp3) is 0.750. The average molecular weight is 376 g/mol. The van der Waals surface area contributed by atoms with Gasteiger partial charge < -0.3 is 10.6 Å². The SMILES string of the molecule is CCNC(=O)CN1[C@@H]2CC[C@H]1[C@@](CCC(C)C)(C(=O)NCc1ccn[nH]1)C2. The lowest BCUT2D eigenvalue weighted by molar-refractivity contribution is -0.134. The van der Waals surface area contributed by atoms with Gasteiger partial charge >= 0.3 is 0 Å². The first-order valence-corrected chi connectivity index (χ1v) is 10.2. The van der Waals surface area contributed by atoms with E-state index in [0.29, 0.717) is 31.6 Å². The molecule has 2 amide bonds. The van der Waals surface area contributed by atoms with Crippen molar-refractivity contribution in [1.82, 2.24) is 25.7 Å². The van der Waals surface area contributed by atoms with Gasteiger partial charge in [0.05, 0.1) is 24.2 Å². The summed E-state index contributed by atoms with van der Waals surface area (Å²) in [7, 11) is 0. The number of likely N-dealkylation sites (N-methyl/N-ethyl adjacent to an activating group) is 1. The van der Waals surface area contributed by atoms with Crippen LogP contribution in [0, 0.1) is 11.3 Å². The van der Waals surface area contributed by atoms with Gasteiger partial charge in [0, 0.05) is 24.8 Å². The third kappa shape index (κ3) is 4.18. The summed E-state index contributed by atoms with van der Waals surface area (Å²) in [6, 6.07) is 2.37. The van der Waals surface area contributed by atoms with E-state index in [1.165, 1.54) is 0 Å². The van der Waals surface area contributed by atoms with Gasteiger partial charge in [0.25, 0.3) is 0 Å². The van der Waals surface area contributed by atoms with Gasteiger partial charge in [0.15, 0.2) is 0 Å². The van der Waals surface area contributed by atoms with Crippen molar-refractivity contribution in [3.05, 3.63) is 18.0 Å². The van der Waals surface area contributed by atoms with Crippen molar-refractivity contribution in [2.24, 2.45) is 11.3 Å². The van der Waals surface area contributed by atoms with Crippen LogP contribution in [0.3, 0.4) is 0 Å². The zero-order valence-electron chi connectivity index (χ0n) is 16.8. The number of H-pyrrole nitrogens is 1. The maximum atomic E-state index is 13.3. The van der Waals surface area contributed by atoms with Gasteiger partial charge in [-0.2, -0.15) is 5.10 Å². The molecule has 27 heavy (non-hydrogen) atoms. The first-order valence-electron chi connectivity index (χ1n) is 10.2. The van der Waals surface area contributed by atoms with E-state index in [2.05, 4.69) is 39.6 Å². The summed E-state index contributed by atoms with van der Waals surface area (Å²) >= 11 is 0. The number of rotatable bonds is 9. The summed E-state index contributed by atoms with van der Waals surface area (Å²) in [4.78, 5) is 27.8. The average Bonchev–Trinajstić information content (AvgIpc) is 3.34. The molecule has 1 aromatic rings. The number of nitrogens with zero attached hydrogens (tertiary/aromatic N) is 2. The third-order valence-corrected chi connectivity index (χ3v) is 6.20. The van der Waals surface area contributed by atoms with Crippen molar-refractivity contribution < 1.29 is 9.59 Å². The number of aromatic nitrogens is 2. The van der Waals surface area contributed by atoms with Crippen molar-refractivity contribution >= 4 is 11.8 Å². The molecule has 0 radical (unpaired) electrons. The largest absolute Gasteiger partial charge is 0.355 e. The Balaban J connectivity index is 1.74. The monoisotopic (exact) mass is 375 g/mol. The first-order chi connectivity index (χ1) is 13.0. The van der Waals surface area contributed by atoms with Crippen molar-refractivity contribution in [1.29, 1.82) is 0 Å². The Morgan fingerprint density at radius 1 is 1.37 bits per heavy atom. The molecule has 2 aliphatic rings. The molecule has 3 heterocycles. The van der Waals surface area contributed by atoms with Crippen LogP contribution in [0.4, 0.5) is 0 Å². The number of nitrogens with one attached hydrogen (secondary N) is 3. The maximum absolute atomic E-state index is 13.3. The molecule has 2 bridgehead atoms. The van der Waals surface area contributed by atoms with Gasteiger partial charge in [-0.15, -0.1) is 0 Å². The second kappa shape index (κ2) is 8.42. The Bertz CT molecular complexity index is 645. The van der Waals surface area contributed by atoms with Crippen molar-refractivity contribution in [2.45, 2.75) is 71.5 Å². The molecule has 7 nitrogen and oxygen atoms in total. The van der Waals surface area contributed by atoms with Gasteiger partial charge in [-0.25, -0.2) is 0 Å². The number of fused-ring (bicyclic) bond motifs is 2. The summed E-state index contributed by atoms with van der Waals surface area (Å²) in [5, 5.41) is 12.9. The highest BCUT2D eigenvalue weighted by Crippen LogP contribution is 2.52. The Labute approximate surface area is 161 Å². The van der Waals surface area contributed by atoms with Crippen LogP contribution in [0.15, 0.2) is 12.3 Å². The maximum Gasteiger partial charge on any atom is 0.234 e. The van der Waals surface area contributed by atoms with Crippen LogP contribution in [0.1, 0.15) is 58.6 Å². The van der Waals surface area contributed by atoms with Crippen LogP contribution in [-0.2, 0) is 16.1 Å². The molecule has 0 spiro atoms. The minimum absolute atomic E-state index is 0.0620. The molecule has 3 atom stereocenters. The number of hydrogen-bond acceptors (Lipinski definition) is 4. The van der Waals surface area contributed by atoms with Crippen LogP contribution in [0.2, 0.25) is 0 Å². The van der Waals surface area contributed by atoms with Crippen LogP contribution >= 0.6 is 0 Å². The number of carbonyl (C=O) groups is 2. The van der Waals surface area contributed by atoms with E-state index in [1.54, 1.807) is 6.20 Å². The van der Waals surface area contributed by atoms with Crippen molar-refractivity contribution in [3.63, 3.8) is 0 Å². The van der Waals surface area contributed by atoms with E-state index in [-0.39, 0.29) is 23.3 Å². The molecule has 0 saturated carbocycles. The quantitative estimate of drug-likeness (QED) is 0.614. The summed E-state index contributed by atoms with van der Waals surface area (Å²) in [6.45, 7) is 7.86. The topological polar surface area (TPSA) is 90.1 Å². The number of aromatic amines is 1. The Hall–Kier alpha value is -1.89. The lowest BCUT2D eigenvalue weighted by Crippen LogP contribution is -2.50. The van der Waals surface area contributed by atoms with Crippen LogP contribution in [0.5, 0.6) is 0 Å². The van der Waals surface area contributed by atoms with Crippen LogP contribution in [-0.4, -0.2) is 52.1 Å². The molecule has 2 aliphatic heterocycles. The van der Waals surface area contributed by atoms with Gasteiger partial charge in [0.2, 0.25) is 11.8 Å². The number of hydrogen-bond donors (Lipinski definition) is 3. The predicted molar refractivity (Wildman–Crippen MR) is 104 cm³/mol. The molecule has 0 unspecified atom stereocenters. The zero-order chi connectivity index (χ0) is 19.4. The summed E-state index contributed by atoms with van der Waals surface area (Å²) in [6.07, 6.45) is 6.55. The lowest BCUT2D eigenvalue weighted by Gasteiger charge is -2.37. The summed E-state index contributed by atoms with van der Waals surface area (Å²) in [5.41, 5.74) is 0.518. The van der Waals surface area contributed by atoms with E-state index in [0.717, 1.165) is 37.8 Å². The summed E-state index contributed by atoms with van der Waals surface area (Å²) in [5.74, 6) is 0.746. The molecule has 7 heteroatoms. The Kier molecular flexibility index (Phi) is 6.19. The molecular weight excluding hydrogens is 342 g/mol. The number of carbonyl (C=O) groups excluding carboxylic acids is 2. The molecule has 3 rings (SSSR count). The minimum Gasteiger partial charge on any atom is -0.355 e.